The number of hydrogen-bond donors (Lipinski definition) is 0. The standard InChI is InChI=1S/C33H42O8/c1-24(2)23-40-31(34)19-13-26-12-18-29(30(22-26)37-5)41-33(36)27-14-16-28(17-15-27)38-20-10-8-6-7-9-11-21-39-32(35)25(3)4/h12-19,22,24H,3,6-11,20-21,23H2,1-2,4-5H3/b19-13+. The summed E-state index contributed by atoms with van der Waals surface area (Å²) in [4.78, 5) is 35.8. The predicted octanol–water partition coefficient (Wildman–Crippen LogP) is 6.97. The van der Waals surface area contributed by atoms with Crippen LogP contribution in [0.2, 0.25) is 0 Å². The lowest BCUT2D eigenvalue weighted by molar-refractivity contribution is -0.139. The summed E-state index contributed by atoms with van der Waals surface area (Å²) in [5, 5.41) is 0. The molecule has 0 saturated carbocycles. The van der Waals surface area contributed by atoms with Crippen molar-refractivity contribution in [3.05, 3.63) is 71.8 Å². The summed E-state index contributed by atoms with van der Waals surface area (Å²) in [6.07, 6.45) is 8.99. The minimum atomic E-state index is -0.523. The molecule has 2 rings (SSSR count). The van der Waals surface area contributed by atoms with Crippen molar-refractivity contribution in [2.24, 2.45) is 5.92 Å². The Morgan fingerprint density at radius 1 is 0.854 bits per heavy atom. The summed E-state index contributed by atoms with van der Waals surface area (Å²) in [5.74, 6) is 0.299. The van der Waals surface area contributed by atoms with E-state index in [9.17, 15) is 14.4 Å². The van der Waals surface area contributed by atoms with E-state index in [2.05, 4.69) is 6.58 Å². The van der Waals surface area contributed by atoms with Crippen LogP contribution in [0.25, 0.3) is 6.08 Å². The quantitative estimate of drug-likeness (QED) is 0.0826. The molecule has 8 heteroatoms. The summed E-state index contributed by atoms with van der Waals surface area (Å²) in [6.45, 7) is 10.5. The number of carbonyl (C=O) groups excluding carboxylic acids is 3. The van der Waals surface area contributed by atoms with Crippen molar-refractivity contribution in [1.82, 2.24) is 0 Å². The van der Waals surface area contributed by atoms with Gasteiger partial charge in [-0.3, -0.25) is 0 Å². The summed E-state index contributed by atoms with van der Waals surface area (Å²) in [5.41, 5.74) is 1.51. The second-order valence-electron chi connectivity index (χ2n) is 10.1. The number of benzene rings is 2. The van der Waals surface area contributed by atoms with Crippen LogP contribution in [0.4, 0.5) is 0 Å². The number of hydrogen-bond acceptors (Lipinski definition) is 8. The Kier molecular flexibility index (Phi) is 14.8. The molecule has 0 heterocycles. The molecule has 0 N–H and O–H groups in total. The smallest absolute Gasteiger partial charge is 0.343 e. The van der Waals surface area contributed by atoms with Crippen molar-refractivity contribution in [3.8, 4) is 17.2 Å². The van der Waals surface area contributed by atoms with Gasteiger partial charge < -0.3 is 23.7 Å². The highest BCUT2D eigenvalue weighted by molar-refractivity contribution is 5.91. The molecule has 2 aromatic carbocycles. The van der Waals surface area contributed by atoms with Crippen LogP contribution in [0.3, 0.4) is 0 Å². The van der Waals surface area contributed by atoms with Gasteiger partial charge in [0.25, 0.3) is 0 Å². The Morgan fingerprint density at radius 3 is 2.15 bits per heavy atom. The summed E-state index contributed by atoms with van der Waals surface area (Å²) in [7, 11) is 1.48. The Bertz CT molecular complexity index is 1160. The zero-order valence-electron chi connectivity index (χ0n) is 24.6. The van der Waals surface area contributed by atoms with Gasteiger partial charge in [-0.1, -0.05) is 52.2 Å². The first-order valence-corrected chi connectivity index (χ1v) is 14.0. The second kappa shape index (κ2) is 18.3. The highest BCUT2D eigenvalue weighted by atomic mass is 16.6. The van der Waals surface area contributed by atoms with Crippen LogP contribution in [-0.4, -0.2) is 44.8 Å². The SMILES string of the molecule is C=C(C)C(=O)OCCCCCCCCOc1ccc(C(=O)Oc2ccc(/C=C/C(=O)OCC(C)C)cc2OC)cc1. The molecule has 8 nitrogen and oxygen atoms in total. The van der Waals surface area contributed by atoms with E-state index < -0.39 is 11.9 Å². The molecule has 0 aliphatic rings. The van der Waals surface area contributed by atoms with Gasteiger partial charge in [0, 0.05) is 11.6 Å². The maximum Gasteiger partial charge on any atom is 0.343 e. The van der Waals surface area contributed by atoms with Crippen LogP contribution in [0.5, 0.6) is 17.2 Å². The Balaban J connectivity index is 1.72. The largest absolute Gasteiger partial charge is 0.494 e. The van der Waals surface area contributed by atoms with Gasteiger partial charge in [0.15, 0.2) is 11.5 Å². The molecular formula is C33H42O8. The summed E-state index contributed by atoms with van der Waals surface area (Å²) in [6, 6.07) is 11.8. The number of carbonyl (C=O) groups is 3. The number of rotatable bonds is 18. The van der Waals surface area contributed by atoms with Gasteiger partial charge in [-0.25, -0.2) is 14.4 Å². The topological polar surface area (TPSA) is 97.4 Å². The molecule has 0 unspecified atom stereocenters. The van der Waals surface area contributed by atoms with Crippen molar-refractivity contribution in [2.45, 2.75) is 59.3 Å². The lowest BCUT2D eigenvalue weighted by Gasteiger charge is -2.11. The van der Waals surface area contributed by atoms with Gasteiger partial charge in [-0.05, 0) is 73.7 Å². The third-order valence-corrected chi connectivity index (χ3v) is 5.84. The zero-order chi connectivity index (χ0) is 30.0. The maximum atomic E-state index is 12.7. The predicted molar refractivity (Wildman–Crippen MR) is 158 cm³/mol. The van der Waals surface area contributed by atoms with E-state index >= 15 is 0 Å². The van der Waals surface area contributed by atoms with E-state index in [0.717, 1.165) is 38.5 Å². The zero-order valence-corrected chi connectivity index (χ0v) is 24.6. The molecule has 2 aromatic rings. The van der Waals surface area contributed by atoms with Crippen LogP contribution in [0.1, 0.15) is 75.2 Å². The molecule has 0 atom stereocenters. The van der Waals surface area contributed by atoms with Crippen molar-refractivity contribution in [1.29, 1.82) is 0 Å². The molecule has 0 bridgehead atoms. The van der Waals surface area contributed by atoms with Gasteiger partial charge in [-0.15, -0.1) is 0 Å². The summed E-state index contributed by atoms with van der Waals surface area (Å²) < 4.78 is 26.9. The lowest BCUT2D eigenvalue weighted by atomic mass is 10.1. The molecule has 41 heavy (non-hydrogen) atoms. The van der Waals surface area contributed by atoms with Gasteiger partial charge in [0.1, 0.15) is 5.75 Å². The number of ether oxygens (including phenoxy) is 5. The molecular weight excluding hydrogens is 524 g/mol. The molecule has 0 saturated heterocycles. The normalized spacial score (nSPS) is 10.9. The lowest BCUT2D eigenvalue weighted by Crippen LogP contribution is -2.09. The highest BCUT2D eigenvalue weighted by Crippen LogP contribution is 2.29. The minimum Gasteiger partial charge on any atom is -0.494 e. The van der Waals surface area contributed by atoms with Crippen LogP contribution >= 0.6 is 0 Å². The number of methoxy groups -OCH3 is 1. The van der Waals surface area contributed by atoms with Crippen molar-refractivity contribution >= 4 is 24.0 Å². The third kappa shape index (κ3) is 13.2. The number of esters is 3. The second-order valence-corrected chi connectivity index (χ2v) is 10.1. The van der Waals surface area contributed by atoms with Crippen molar-refractivity contribution < 1.29 is 38.1 Å². The fourth-order valence-corrected chi connectivity index (χ4v) is 3.57. The molecule has 0 spiro atoms. The monoisotopic (exact) mass is 566 g/mol. The Hall–Kier alpha value is -4.07. The molecule has 0 aliphatic carbocycles. The highest BCUT2D eigenvalue weighted by Gasteiger charge is 2.13. The average Bonchev–Trinajstić information content (AvgIpc) is 2.96. The van der Waals surface area contributed by atoms with Crippen LogP contribution in [0.15, 0.2) is 60.7 Å². The fraction of sp³-hybridized carbons (Fsp3) is 0.424. The van der Waals surface area contributed by atoms with Gasteiger partial charge in [0.2, 0.25) is 0 Å². The average molecular weight is 567 g/mol. The van der Waals surface area contributed by atoms with E-state index in [1.54, 1.807) is 55.5 Å². The molecule has 0 amide bonds. The Morgan fingerprint density at radius 2 is 1.51 bits per heavy atom. The van der Waals surface area contributed by atoms with Gasteiger partial charge >= 0.3 is 17.9 Å². The molecule has 0 aliphatic heterocycles. The first-order valence-electron chi connectivity index (χ1n) is 14.0. The van der Waals surface area contributed by atoms with Crippen molar-refractivity contribution in [3.63, 3.8) is 0 Å². The third-order valence-electron chi connectivity index (χ3n) is 5.84. The molecule has 222 valence electrons. The maximum absolute atomic E-state index is 12.7. The van der Waals surface area contributed by atoms with Crippen LogP contribution in [-0.2, 0) is 19.1 Å². The van der Waals surface area contributed by atoms with Gasteiger partial charge in [0.05, 0.1) is 32.5 Å². The van der Waals surface area contributed by atoms with E-state index in [1.807, 2.05) is 13.8 Å². The Labute approximate surface area is 243 Å². The van der Waals surface area contributed by atoms with E-state index in [0.29, 0.717) is 48.0 Å². The van der Waals surface area contributed by atoms with Crippen molar-refractivity contribution in [2.75, 3.05) is 26.9 Å². The minimum absolute atomic E-state index is 0.260. The fourth-order valence-electron chi connectivity index (χ4n) is 3.57. The molecule has 0 radical (unpaired) electrons. The first-order chi connectivity index (χ1) is 19.7. The molecule has 0 fully saturated rings. The van der Waals surface area contributed by atoms with Crippen LogP contribution < -0.4 is 14.2 Å². The van der Waals surface area contributed by atoms with Crippen LogP contribution in [0, 0.1) is 5.92 Å². The van der Waals surface area contributed by atoms with E-state index in [-0.39, 0.29) is 17.6 Å². The van der Waals surface area contributed by atoms with E-state index in [4.69, 9.17) is 23.7 Å². The van der Waals surface area contributed by atoms with E-state index in [1.165, 1.54) is 13.2 Å². The first kappa shape index (κ1) is 33.1. The number of unbranched alkanes of at least 4 members (excludes halogenated alkanes) is 5. The molecule has 0 aromatic heterocycles. The van der Waals surface area contributed by atoms with Gasteiger partial charge in [-0.2, -0.15) is 0 Å². The summed E-state index contributed by atoms with van der Waals surface area (Å²) >= 11 is 0.